The smallest absolute Gasteiger partial charge is 0.254 e. The van der Waals surface area contributed by atoms with Gasteiger partial charge in [-0.25, -0.2) is 8.42 Å². The van der Waals surface area contributed by atoms with Gasteiger partial charge in [-0.3, -0.25) is 4.79 Å². The number of nitrogens with zero attached hydrogens (tertiary/aromatic N) is 1. The van der Waals surface area contributed by atoms with Crippen LogP contribution in [-0.4, -0.2) is 32.5 Å². The maximum Gasteiger partial charge on any atom is 0.254 e. The SMILES string of the molecule is CC1CC1c1ccc(CN(C)C(=O)c2ccc(Cl)c(S(C)(=O)=O)c2)o1. The van der Waals surface area contributed by atoms with Crippen LogP contribution in [0.4, 0.5) is 0 Å². The highest BCUT2D eigenvalue weighted by molar-refractivity contribution is 7.90. The first-order valence-corrected chi connectivity index (χ1v) is 10.3. The zero-order valence-electron chi connectivity index (χ0n) is 14.3. The lowest BCUT2D eigenvalue weighted by molar-refractivity contribution is 0.0774. The van der Waals surface area contributed by atoms with Crippen molar-refractivity contribution in [3.63, 3.8) is 0 Å². The number of furan rings is 1. The molecule has 0 saturated heterocycles. The molecular formula is C18H20ClNO4S. The van der Waals surface area contributed by atoms with Gasteiger partial charge in [-0.05, 0) is 42.7 Å². The molecule has 0 N–H and O–H groups in total. The van der Waals surface area contributed by atoms with Gasteiger partial charge in [-0.15, -0.1) is 0 Å². The second-order valence-electron chi connectivity index (χ2n) is 6.70. The molecule has 1 heterocycles. The molecule has 0 bridgehead atoms. The quantitative estimate of drug-likeness (QED) is 0.791. The monoisotopic (exact) mass is 381 g/mol. The maximum atomic E-state index is 12.6. The Kier molecular flexibility index (Phi) is 4.68. The number of carbonyl (C=O) groups excluding carboxylic acids is 1. The first-order chi connectivity index (χ1) is 11.7. The van der Waals surface area contributed by atoms with Crippen LogP contribution in [0.25, 0.3) is 0 Å². The van der Waals surface area contributed by atoms with Gasteiger partial charge in [0, 0.05) is 24.8 Å². The third-order valence-corrected chi connectivity index (χ3v) is 6.05. The van der Waals surface area contributed by atoms with Gasteiger partial charge >= 0.3 is 0 Å². The molecule has 7 heteroatoms. The molecule has 0 aliphatic heterocycles. The van der Waals surface area contributed by atoms with Gasteiger partial charge in [-0.2, -0.15) is 0 Å². The van der Waals surface area contributed by atoms with Crippen molar-refractivity contribution < 1.29 is 17.6 Å². The molecule has 5 nitrogen and oxygen atoms in total. The number of benzene rings is 1. The van der Waals surface area contributed by atoms with Gasteiger partial charge in [0.1, 0.15) is 11.5 Å². The van der Waals surface area contributed by atoms with Gasteiger partial charge in [0.2, 0.25) is 0 Å². The van der Waals surface area contributed by atoms with Crippen LogP contribution in [0.2, 0.25) is 5.02 Å². The van der Waals surface area contributed by atoms with E-state index in [0.29, 0.717) is 24.1 Å². The fourth-order valence-corrected chi connectivity index (χ4v) is 4.15. The fraction of sp³-hybridized carbons (Fsp3) is 0.389. The number of halogens is 1. The molecule has 2 atom stereocenters. The summed E-state index contributed by atoms with van der Waals surface area (Å²) in [5.74, 6) is 2.53. The molecule has 2 aromatic rings. The summed E-state index contributed by atoms with van der Waals surface area (Å²) in [5, 5.41) is 0.107. The average Bonchev–Trinajstić information content (AvgIpc) is 3.08. The molecule has 2 unspecified atom stereocenters. The summed E-state index contributed by atoms with van der Waals surface area (Å²) in [5.41, 5.74) is 0.273. The van der Waals surface area contributed by atoms with Crippen molar-refractivity contribution in [2.45, 2.75) is 30.7 Å². The summed E-state index contributed by atoms with van der Waals surface area (Å²) in [4.78, 5) is 14.0. The van der Waals surface area contributed by atoms with Crippen LogP contribution in [0.3, 0.4) is 0 Å². The first-order valence-electron chi connectivity index (χ1n) is 8.00. The molecule has 0 radical (unpaired) electrons. The van der Waals surface area contributed by atoms with Crippen LogP contribution in [0, 0.1) is 5.92 Å². The summed E-state index contributed by atoms with van der Waals surface area (Å²) < 4.78 is 29.3. The summed E-state index contributed by atoms with van der Waals surface area (Å²) in [7, 11) is -1.85. The fourth-order valence-electron chi connectivity index (χ4n) is 2.84. The predicted octanol–water partition coefficient (Wildman–Crippen LogP) is 3.73. The van der Waals surface area contributed by atoms with Crippen molar-refractivity contribution in [3.05, 3.63) is 52.4 Å². The zero-order chi connectivity index (χ0) is 18.4. The van der Waals surface area contributed by atoms with E-state index in [1.807, 2.05) is 12.1 Å². The second kappa shape index (κ2) is 6.50. The van der Waals surface area contributed by atoms with Crippen LogP contribution in [0.1, 0.15) is 41.1 Å². The van der Waals surface area contributed by atoms with Gasteiger partial charge in [0.25, 0.3) is 5.91 Å². The topological polar surface area (TPSA) is 67.6 Å². The Morgan fingerprint density at radius 3 is 2.60 bits per heavy atom. The molecule has 25 heavy (non-hydrogen) atoms. The Bertz CT molecular complexity index is 919. The summed E-state index contributed by atoms with van der Waals surface area (Å²) >= 11 is 5.93. The van der Waals surface area contributed by atoms with Crippen LogP contribution in [-0.2, 0) is 16.4 Å². The van der Waals surface area contributed by atoms with Crippen molar-refractivity contribution in [1.29, 1.82) is 0 Å². The second-order valence-corrected chi connectivity index (χ2v) is 9.09. The number of carbonyl (C=O) groups is 1. The number of hydrogen-bond acceptors (Lipinski definition) is 4. The van der Waals surface area contributed by atoms with E-state index in [1.54, 1.807) is 7.05 Å². The third-order valence-electron chi connectivity index (χ3n) is 4.47. The van der Waals surface area contributed by atoms with Crippen LogP contribution < -0.4 is 0 Å². The lowest BCUT2D eigenvalue weighted by Crippen LogP contribution is -2.26. The molecule has 1 saturated carbocycles. The van der Waals surface area contributed by atoms with Gasteiger partial charge < -0.3 is 9.32 Å². The van der Waals surface area contributed by atoms with Crippen molar-refractivity contribution in [2.75, 3.05) is 13.3 Å². The van der Waals surface area contributed by atoms with Crippen LogP contribution in [0.15, 0.2) is 39.6 Å². The van der Waals surface area contributed by atoms with E-state index >= 15 is 0 Å². The Hall–Kier alpha value is -1.79. The molecule has 1 aliphatic carbocycles. The van der Waals surface area contributed by atoms with E-state index < -0.39 is 9.84 Å². The molecule has 1 amide bonds. The molecule has 1 aliphatic rings. The standard InChI is InChI=1S/C18H20ClNO4S/c1-11-8-14(11)16-7-5-13(24-16)10-20(2)18(21)12-4-6-15(19)17(9-12)25(3,22)23/h4-7,9,11,14H,8,10H2,1-3H3. The van der Waals surface area contributed by atoms with Crippen LogP contribution in [0.5, 0.6) is 0 Å². The minimum atomic E-state index is -3.50. The minimum Gasteiger partial charge on any atom is -0.464 e. The van der Waals surface area contributed by atoms with E-state index in [-0.39, 0.29) is 21.4 Å². The van der Waals surface area contributed by atoms with Crippen molar-refractivity contribution >= 4 is 27.3 Å². The van der Waals surface area contributed by atoms with Gasteiger partial charge in [0.15, 0.2) is 9.84 Å². The van der Waals surface area contributed by atoms with Gasteiger partial charge in [0.05, 0.1) is 16.5 Å². The Labute approximate surface area is 152 Å². The molecule has 3 rings (SSSR count). The highest BCUT2D eigenvalue weighted by atomic mass is 35.5. The molecule has 0 spiro atoms. The maximum absolute atomic E-state index is 12.6. The molecule has 1 aromatic carbocycles. The average molecular weight is 382 g/mol. The van der Waals surface area contributed by atoms with E-state index in [0.717, 1.165) is 18.4 Å². The number of hydrogen-bond donors (Lipinski definition) is 0. The summed E-state index contributed by atoms with van der Waals surface area (Å²) in [6, 6.07) is 8.11. The first kappa shape index (κ1) is 18.0. The normalized spacial score (nSPS) is 19.7. The number of amides is 1. The third kappa shape index (κ3) is 3.90. The van der Waals surface area contributed by atoms with E-state index in [4.69, 9.17) is 16.0 Å². The minimum absolute atomic E-state index is 0.0450. The lowest BCUT2D eigenvalue weighted by Gasteiger charge is -2.16. The highest BCUT2D eigenvalue weighted by Crippen LogP contribution is 2.47. The summed E-state index contributed by atoms with van der Waals surface area (Å²) in [6.07, 6.45) is 2.20. The Morgan fingerprint density at radius 2 is 2.00 bits per heavy atom. The largest absolute Gasteiger partial charge is 0.464 e. The molecule has 134 valence electrons. The van der Waals surface area contributed by atoms with E-state index in [9.17, 15) is 13.2 Å². The summed E-state index contributed by atoms with van der Waals surface area (Å²) in [6.45, 7) is 2.50. The van der Waals surface area contributed by atoms with Crippen molar-refractivity contribution in [3.8, 4) is 0 Å². The molecular weight excluding hydrogens is 362 g/mol. The number of rotatable bonds is 5. The van der Waals surface area contributed by atoms with E-state index in [2.05, 4.69) is 6.92 Å². The van der Waals surface area contributed by atoms with Crippen molar-refractivity contribution in [2.24, 2.45) is 5.92 Å². The molecule has 1 fully saturated rings. The highest BCUT2D eigenvalue weighted by Gasteiger charge is 2.36. The van der Waals surface area contributed by atoms with Crippen LogP contribution >= 0.6 is 11.6 Å². The Morgan fingerprint density at radius 1 is 1.32 bits per heavy atom. The van der Waals surface area contributed by atoms with Gasteiger partial charge in [-0.1, -0.05) is 18.5 Å². The van der Waals surface area contributed by atoms with Crippen molar-refractivity contribution in [1.82, 2.24) is 4.90 Å². The number of sulfone groups is 1. The Balaban J connectivity index is 1.75. The lowest BCUT2D eigenvalue weighted by atomic mass is 10.2. The predicted molar refractivity (Wildman–Crippen MR) is 95.6 cm³/mol. The zero-order valence-corrected chi connectivity index (χ0v) is 15.9. The molecule has 1 aromatic heterocycles. The van der Waals surface area contributed by atoms with E-state index in [1.165, 1.54) is 23.1 Å².